The Bertz CT molecular complexity index is 1330. The van der Waals surface area contributed by atoms with E-state index in [1.54, 1.807) is 29.8 Å². The average molecular weight is 505 g/mol. The Morgan fingerprint density at radius 2 is 1.81 bits per heavy atom. The smallest absolute Gasteiger partial charge is 0.295 e. The number of likely N-dealkylation sites (tertiary alicyclic amines) is 1. The van der Waals surface area contributed by atoms with Crippen LogP contribution in [0.25, 0.3) is 11.4 Å². The summed E-state index contributed by atoms with van der Waals surface area (Å²) >= 11 is 0. The maximum atomic E-state index is 14.0. The van der Waals surface area contributed by atoms with Crippen molar-refractivity contribution in [3.63, 3.8) is 0 Å². The van der Waals surface area contributed by atoms with Crippen LogP contribution in [-0.2, 0) is 9.59 Å². The lowest BCUT2D eigenvalue weighted by Crippen LogP contribution is -3.05. The summed E-state index contributed by atoms with van der Waals surface area (Å²) in [5, 5.41) is 18.4. The van der Waals surface area contributed by atoms with Gasteiger partial charge in [-0.15, -0.1) is 0 Å². The summed E-state index contributed by atoms with van der Waals surface area (Å²) in [5.74, 6) is -1.03. The molecule has 1 aromatic heterocycles. The number of methoxy groups -OCH3 is 2. The van der Waals surface area contributed by atoms with Crippen molar-refractivity contribution >= 4 is 17.4 Å². The van der Waals surface area contributed by atoms with Gasteiger partial charge in [0.25, 0.3) is 5.91 Å². The molecule has 1 aliphatic heterocycles. The van der Waals surface area contributed by atoms with Gasteiger partial charge in [0.2, 0.25) is 5.78 Å². The van der Waals surface area contributed by atoms with E-state index in [1.165, 1.54) is 30.2 Å². The van der Waals surface area contributed by atoms with Crippen LogP contribution in [0.4, 0.5) is 0 Å². The van der Waals surface area contributed by atoms with Crippen LogP contribution in [0.1, 0.15) is 29.3 Å². The van der Waals surface area contributed by atoms with Crippen LogP contribution in [-0.4, -0.2) is 67.8 Å². The number of aromatic nitrogens is 2. The Balaban J connectivity index is 1.88. The van der Waals surface area contributed by atoms with E-state index >= 15 is 0 Å². The number of ether oxygens (including phenoxy) is 2. The minimum atomic E-state index is -0.908. The molecule has 0 aliphatic carbocycles. The van der Waals surface area contributed by atoms with Crippen molar-refractivity contribution in [2.24, 2.45) is 0 Å². The molecule has 0 bridgehead atoms. The summed E-state index contributed by atoms with van der Waals surface area (Å²) in [6, 6.07) is 13.7. The maximum absolute atomic E-state index is 14.0. The highest BCUT2D eigenvalue weighted by Crippen LogP contribution is 2.43. The van der Waals surface area contributed by atoms with Gasteiger partial charge in [-0.25, -0.2) is 4.68 Å². The number of nitrogens with one attached hydrogen (secondary N) is 1. The van der Waals surface area contributed by atoms with Gasteiger partial charge in [0.05, 0.1) is 52.8 Å². The number of carbonyl (C=O) groups is 2. The van der Waals surface area contributed by atoms with Gasteiger partial charge in [-0.05, 0) is 37.3 Å². The molecule has 2 aromatic carbocycles. The third-order valence-corrected chi connectivity index (χ3v) is 6.59. The molecule has 0 spiro atoms. The number of Topliss-reactive ketones (excluding diaryl/α,β-unsaturated/α-hetero) is 1. The van der Waals surface area contributed by atoms with Gasteiger partial charge < -0.3 is 24.4 Å². The average Bonchev–Trinajstić information content (AvgIpc) is 3.40. The Morgan fingerprint density at radius 3 is 2.46 bits per heavy atom. The molecule has 1 N–H and O–H groups in total. The molecule has 1 atom stereocenters. The SMILES string of the molecule is COc1ccc(OC)c(C2C(=C([O-])c3cnn(-c4ccccc4)c3C)C(=O)C(=O)N2CCC[NH+](C)C)c1. The van der Waals surface area contributed by atoms with E-state index in [-0.39, 0.29) is 11.1 Å². The number of quaternary nitrogens is 1. The first-order valence-corrected chi connectivity index (χ1v) is 12.2. The molecule has 9 nitrogen and oxygen atoms in total. The first-order valence-electron chi connectivity index (χ1n) is 12.2. The number of hydrogen-bond acceptors (Lipinski definition) is 6. The fourth-order valence-corrected chi connectivity index (χ4v) is 4.69. The van der Waals surface area contributed by atoms with Gasteiger partial charge in [0.15, 0.2) is 0 Å². The number of rotatable bonds is 9. The zero-order chi connectivity index (χ0) is 26.7. The van der Waals surface area contributed by atoms with Gasteiger partial charge in [0.1, 0.15) is 11.5 Å². The molecule has 37 heavy (non-hydrogen) atoms. The highest BCUT2D eigenvalue weighted by atomic mass is 16.5. The summed E-state index contributed by atoms with van der Waals surface area (Å²) in [4.78, 5) is 29.4. The predicted octanol–water partition coefficient (Wildman–Crippen LogP) is 0.957. The number of carbonyl (C=O) groups excluding carboxylic acids is 2. The number of ketones is 1. The fraction of sp³-hybridized carbons (Fsp3) is 0.321. The Morgan fingerprint density at radius 1 is 1.08 bits per heavy atom. The summed E-state index contributed by atoms with van der Waals surface area (Å²) in [6.07, 6.45) is 2.12. The van der Waals surface area contributed by atoms with E-state index in [9.17, 15) is 14.7 Å². The minimum Gasteiger partial charge on any atom is -0.872 e. The number of nitrogens with zero attached hydrogens (tertiary/aromatic N) is 3. The molecule has 2 heterocycles. The molecule has 1 amide bonds. The normalized spacial score (nSPS) is 17.0. The van der Waals surface area contributed by atoms with Crippen molar-refractivity contribution in [2.45, 2.75) is 19.4 Å². The van der Waals surface area contributed by atoms with Crippen molar-refractivity contribution < 1.29 is 29.1 Å². The molecule has 194 valence electrons. The highest BCUT2D eigenvalue weighted by Gasteiger charge is 2.45. The van der Waals surface area contributed by atoms with Gasteiger partial charge >= 0.3 is 0 Å². The van der Waals surface area contributed by atoms with Crippen LogP contribution in [0.15, 0.2) is 60.3 Å². The molecule has 0 radical (unpaired) electrons. The van der Waals surface area contributed by atoms with Crippen LogP contribution < -0.4 is 19.5 Å². The monoisotopic (exact) mass is 504 g/mol. The zero-order valence-corrected chi connectivity index (χ0v) is 21.8. The Kier molecular flexibility index (Phi) is 7.63. The third kappa shape index (κ3) is 4.95. The standard InChI is InChI=1S/C28H32N4O5/c1-18-22(17-29-32(18)19-10-7-6-8-11-19)26(33)24-25(21-16-20(36-4)12-13-23(21)37-5)31(28(35)27(24)34)15-9-14-30(2)3/h6-8,10-13,16-17,25,33H,9,14-15H2,1-5H3. The van der Waals surface area contributed by atoms with Crippen LogP contribution >= 0.6 is 0 Å². The topological polar surface area (TPSA) is 101 Å². The molecule has 1 aliphatic rings. The molecular formula is C28H32N4O5. The molecule has 9 heteroatoms. The molecule has 4 rings (SSSR count). The van der Waals surface area contributed by atoms with Crippen molar-refractivity contribution in [3.05, 3.63) is 77.1 Å². The molecule has 1 fully saturated rings. The molecular weight excluding hydrogens is 472 g/mol. The van der Waals surface area contributed by atoms with E-state index in [0.717, 1.165) is 12.2 Å². The molecule has 1 unspecified atom stereocenters. The number of amides is 1. The van der Waals surface area contributed by atoms with Crippen LogP contribution in [0, 0.1) is 6.92 Å². The predicted molar refractivity (Wildman–Crippen MR) is 137 cm³/mol. The first kappa shape index (κ1) is 26.0. The molecule has 3 aromatic rings. The van der Waals surface area contributed by atoms with Crippen molar-refractivity contribution in [1.82, 2.24) is 14.7 Å². The van der Waals surface area contributed by atoms with Crippen molar-refractivity contribution in [1.29, 1.82) is 0 Å². The van der Waals surface area contributed by atoms with Crippen molar-refractivity contribution in [3.8, 4) is 17.2 Å². The summed E-state index contributed by atoms with van der Waals surface area (Å²) in [7, 11) is 7.09. The fourth-order valence-electron chi connectivity index (χ4n) is 4.69. The van der Waals surface area contributed by atoms with E-state index in [1.807, 2.05) is 44.4 Å². The molecule has 0 saturated carbocycles. The minimum absolute atomic E-state index is 0.107. The van der Waals surface area contributed by atoms with Crippen molar-refractivity contribution in [2.75, 3.05) is 41.4 Å². The Labute approximate surface area is 216 Å². The van der Waals surface area contributed by atoms with E-state index < -0.39 is 23.5 Å². The lowest BCUT2D eigenvalue weighted by atomic mass is 9.94. The van der Waals surface area contributed by atoms with E-state index in [4.69, 9.17) is 9.47 Å². The van der Waals surface area contributed by atoms with Gasteiger partial charge in [-0.3, -0.25) is 9.59 Å². The van der Waals surface area contributed by atoms with Gasteiger partial charge in [0, 0.05) is 35.4 Å². The largest absolute Gasteiger partial charge is 0.872 e. The number of benzene rings is 2. The third-order valence-electron chi connectivity index (χ3n) is 6.59. The second kappa shape index (κ2) is 10.9. The van der Waals surface area contributed by atoms with Gasteiger partial charge in [-0.2, -0.15) is 5.10 Å². The summed E-state index contributed by atoms with van der Waals surface area (Å²) in [5.41, 5.74) is 2.05. The zero-order valence-electron chi connectivity index (χ0n) is 21.8. The lowest BCUT2D eigenvalue weighted by Gasteiger charge is -2.28. The molecule has 1 saturated heterocycles. The first-order chi connectivity index (χ1) is 17.8. The second-order valence-electron chi connectivity index (χ2n) is 9.28. The van der Waals surface area contributed by atoms with E-state index in [2.05, 4.69) is 5.10 Å². The van der Waals surface area contributed by atoms with Crippen LogP contribution in [0.5, 0.6) is 11.5 Å². The highest BCUT2D eigenvalue weighted by molar-refractivity contribution is 6.46. The maximum Gasteiger partial charge on any atom is 0.295 e. The van der Waals surface area contributed by atoms with Crippen LogP contribution in [0.2, 0.25) is 0 Å². The lowest BCUT2D eigenvalue weighted by molar-refractivity contribution is -0.858. The quantitative estimate of drug-likeness (QED) is 0.265. The van der Waals surface area contributed by atoms with Crippen LogP contribution in [0.3, 0.4) is 0 Å². The summed E-state index contributed by atoms with van der Waals surface area (Å²) in [6.45, 7) is 2.89. The van der Waals surface area contributed by atoms with E-state index in [0.29, 0.717) is 35.7 Å². The van der Waals surface area contributed by atoms with Gasteiger partial charge in [-0.1, -0.05) is 24.0 Å². The second-order valence-corrected chi connectivity index (χ2v) is 9.28. The summed E-state index contributed by atoms with van der Waals surface area (Å²) < 4.78 is 12.6. The Hall–Kier alpha value is -4.11. The number of para-hydroxylation sites is 1. The number of hydrogen-bond donors (Lipinski definition) is 1.